The largest absolute Gasteiger partial charge is 0.481 e. The van der Waals surface area contributed by atoms with Crippen LogP contribution in [0.15, 0.2) is 72.8 Å². The number of piperazine rings is 1. The molecule has 2 atom stereocenters. The molecule has 2 aliphatic rings. The Hall–Kier alpha value is -2.92. The number of hydrogen-bond acceptors (Lipinski definition) is 3. The molecule has 30 heavy (non-hydrogen) atoms. The van der Waals surface area contributed by atoms with Gasteiger partial charge in [-0.05, 0) is 24.0 Å². The van der Waals surface area contributed by atoms with Gasteiger partial charge < -0.3 is 10.0 Å². The van der Waals surface area contributed by atoms with Gasteiger partial charge in [-0.2, -0.15) is 0 Å². The topological polar surface area (TPSA) is 60.9 Å². The molecule has 5 heteroatoms. The number of carboxylic acid groups (broad SMARTS) is 1. The van der Waals surface area contributed by atoms with Crippen molar-refractivity contribution in [2.75, 3.05) is 26.2 Å². The maximum absolute atomic E-state index is 13.1. The number of nitrogens with zero attached hydrogens (tertiary/aromatic N) is 2. The summed E-state index contributed by atoms with van der Waals surface area (Å²) < 4.78 is 0. The van der Waals surface area contributed by atoms with Crippen LogP contribution < -0.4 is 0 Å². The van der Waals surface area contributed by atoms with Crippen LogP contribution in [0.4, 0.5) is 0 Å². The second-order valence-electron chi connectivity index (χ2n) is 8.08. The van der Waals surface area contributed by atoms with Crippen molar-refractivity contribution in [3.05, 3.63) is 83.9 Å². The summed E-state index contributed by atoms with van der Waals surface area (Å²) in [5.41, 5.74) is 2.48. The fraction of sp³-hybridized carbons (Fsp3) is 0.360. The van der Waals surface area contributed by atoms with E-state index in [9.17, 15) is 14.7 Å². The molecule has 2 unspecified atom stereocenters. The summed E-state index contributed by atoms with van der Waals surface area (Å²) in [7, 11) is 0. The molecule has 156 valence electrons. The molecule has 1 fully saturated rings. The molecule has 4 rings (SSSR count). The Labute approximate surface area is 177 Å². The second-order valence-corrected chi connectivity index (χ2v) is 8.08. The molecule has 1 saturated heterocycles. The van der Waals surface area contributed by atoms with Crippen LogP contribution in [0.1, 0.15) is 30.0 Å². The standard InChI is InChI=1S/C25H28N2O3/c28-24(21-13-7-8-14-22(21)25(29)30)27-17-15-26(16-18-27)23(19-9-3-1-4-10-19)20-11-5-2-6-12-20/h1-12,21-23H,13-18H2,(H,29,30). The van der Waals surface area contributed by atoms with Crippen LogP contribution >= 0.6 is 0 Å². The lowest BCUT2D eigenvalue weighted by Crippen LogP contribution is -2.52. The molecule has 0 saturated carbocycles. The number of aliphatic carboxylic acids is 1. The molecule has 1 amide bonds. The van der Waals surface area contributed by atoms with Gasteiger partial charge in [0.2, 0.25) is 5.91 Å². The van der Waals surface area contributed by atoms with Crippen molar-refractivity contribution in [1.82, 2.24) is 9.80 Å². The van der Waals surface area contributed by atoms with Crippen LogP contribution in [0.25, 0.3) is 0 Å². The first-order chi connectivity index (χ1) is 14.6. The number of carbonyl (C=O) groups is 2. The summed E-state index contributed by atoms with van der Waals surface area (Å²) in [6.07, 6.45) is 4.78. The van der Waals surface area contributed by atoms with Crippen molar-refractivity contribution in [3.8, 4) is 0 Å². The van der Waals surface area contributed by atoms with Crippen LogP contribution in [0.5, 0.6) is 0 Å². The molecule has 1 aliphatic heterocycles. The van der Waals surface area contributed by atoms with E-state index in [0.717, 1.165) is 13.1 Å². The molecule has 1 heterocycles. The fourth-order valence-electron chi connectivity index (χ4n) is 4.68. The highest BCUT2D eigenvalue weighted by Crippen LogP contribution is 2.31. The Morgan fingerprint density at radius 2 is 1.27 bits per heavy atom. The van der Waals surface area contributed by atoms with E-state index in [-0.39, 0.29) is 11.9 Å². The van der Waals surface area contributed by atoms with E-state index in [2.05, 4.69) is 53.4 Å². The summed E-state index contributed by atoms with van der Waals surface area (Å²) >= 11 is 0. The predicted octanol–water partition coefficient (Wildman–Crippen LogP) is 3.59. The third kappa shape index (κ3) is 4.31. The fourth-order valence-corrected chi connectivity index (χ4v) is 4.68. The molecule has 0 radical (unpaired) electrons. The summed E-state index contributed by atoms with van der Waals surface area (Å²) in [5.74, 6) is -1.94. The molecule has 2 aromatic rings. The molecule has 0 bridgehead atoms. The van der Waals surface area contributed by atoms with Gasteiger partial charge in [0, 0.05) is 26.2 Å². The Morgan fingerprint density at radius 1 is 0.767 bits per heavy atom. The lowest BCUT2D eigenvalue weighted by atomic mass is 9.82. The number of carboxylic acids is 1. The van der Waals surface area contributed by atoms with Crippen molar-refractivity contribution in [2.45, 2.75) is 18.9 Å². The maximum Gasteiger partial charge on any atom is 0.307 e. The average Bonchev–Trinajstić information content (AvgIpc) is 2.81. The minimum absolute atomic E-state index is 0.0117. The van der Waals surface area contributed by atoms with Gasteiger partial charge in [0.15, 0.2) is 0 Å². The Balaban J connectivity index is 1.48. The maximum atomic E-state index is 13.1. The monoisotopic (exact) mass is 404 g/mol. The minimum Gasteiger partial charge on any atom is -0.481 e. The lowest BCUT2D eigenvalue weighted by molar-refractivity contribution is -0.151. The SMILES string of the molecule is O=C(O)C1CC=CCC1C(=O)N1CCN(C(c2ccccc2)c2ccccc2)CC1. The molecule has 5 nitrogen and oxygen atoms in total. The van der Waals surface area contributed by atoms with Gasteiger partial charge in [-0.1, -0.05) is 72.8 Å². The van der Waals surface area contributed by atoms with E-state index in [1.807, 2.05) is 29.2 Å². The van der Waals surface area contributed by atoms with Gasteiger partial charge in [0.05, 0.1) is 17.9 Å². The zero-order valence-electron chi connectivity index (χ0n) is 17.1. The van der Waals surface area contributed by atoms with E-state index in [1.165, 1.54) is 11.1 Å². The van der Waals surface area contributed by atoms with Crippen LogP contribution in [0, 0.1) is 11.8 Å². The van der Waals surface area contributed by atoms with Crippen LogP contribution in [0.3, 0.4) is 0 Å². The highest BCUT2D eigenvalue weighted by atomic mass is 16.4. The number of rotatable bonds is 5. The quantitative estimate of drug-likeness (QED) is 0.774. The summed E-state index contributed by atoms with van der Waals surface area (Å²) in [4.78, 5) is 29.0. The highest BCUT2D eigenvalue weighted by Gasteiger charge is 2.37. The molecule has 1 N–H and O–H groups in total. The summed E-state index contributed by atoms with van der Waals surface area (Å²) in [6, 6.07) is 21.1. The minimum atomic E-state index is -0.871. The zero-order valence-corrected chi connectivity index (χ0v) is 17.1. The van der Waals surface area contributed by atoms with Crippen LogP contribution in [0.2, 0.25) is 0 Å². The second kappa shape index (κ2) is 9.26. The van der Waals surface area contributed by atoms with Crippen molar-refractivity contribution in [3.63, 3.8) is 0 Å². The molecule has 0 spiro atoms. The smallest absolute Gasteiger partial charge is 0.307 e. The van der Waals surface area contributed by atoms with Gasteiger partial charge in [0.1, 0.15) is 0 Å². The van der Waals surface area contributed by atoms with Crippen molar-refractivity contribution in [2.24, 2.45) is 11.8 Å². The number of carbonyl (C=O) groups excluding carboxylic acids is 1. The Kier molecular flexibility index (Phi) is 6.29. The van der Waals surface area contributed by atoms with E-state index >= 15 is 0 Å². The van der Waals surface area contributed by atoms with E-state index in [0.29, 0.717) is 25.9 Å². The van der Waals surface area contributed by atoms with Crippen molar-refractivity contribution < 1.29 is 14.7 Å². The van der Waals surface area contributed by atoms with Gasteiger partial charge >= 0.3 is 5.97 Å². The van der Waals surface area contributed by atoms with Gasteiger partial charge in [-0.15, -0.1) is 0 Å². The lowest BCUT2D eigenvalue weighted by Gasteiger charge is -2.41. The molecule has 1 aliphatic carbocycles. The Morgan fingerprint density at radius 3 is 1.77 bits per heavy atom. The van der Waals surface area contributed by atoms with Crippen LogP contribution in [-0.2, 0) is 9.59 Å². The van der Waals surface area contributed by atoms with Gasteiger partial charge in [-0.3, -0.25) is 14.5 Å². The highest BCUT2D eigenvalue weighted by molar-refractivity contribution is 5.85. The number of hydrogen-bond donors (Lipinski definition) is 1. The van der Waals surface area contributed by atoms with Gasteiger partial charge in [0.25, 0.3) is 0 Å². The Bertz CT molecular complexity index is 850. The van der Waals surface area contributed by atoms with E-state index in [1.54, 1.807) is 0 Å². The average molecular weight is 405 g/mol. The third-order valence-electron chi connectivity index (χ3n) is 6.29. The van der Waals surface area contributed by atoms with Crippen LogP contribution in [-0.4, -0.2) is 53.0 Å². The van der Waals surface area contributed by atoms with E-state index < -0.39 is 17.8 Å². The first-order valence-corrected chi connectivity index (χ1v) is 10.7. The number of benzene rings is 2. The molecular weight excluding hydrogens is 376 g/mol. The third-order valence-corrected chi connectivity index (χ3v) is 6.29. The zero-order chi connectivity index (χ0) is 20.9. The summed E-state index contributed by atoms with van der Waals surface area (Å²) in [5, 5.41) is 9.51. The predicted molar refractivity (Wildman–Crippen MR) is 116 cm³/mol. The molecular formula is C25H28N2O3. The first-order valence-electron chi connectivity index (χ1n) is 10.7. The molecule has 0 aromatic heterocycles. The van der Waals surface area contributed by atoms with E-state index in [4.69, 9.17) is 0 Å². The normalized spacial score (nSPS) is 22.2. The number of amides is 1. The molecule has 2 aromatic carbocycles. The number of allylic oxidation sites excluding steroid dienone is 2. The summed E-state index contributed by atoms with van der Waals surface area (Å²) in [6.45, 7) is 2.78. The van der Waals surface area contributed by atoms with Crippen molar-refractivity contribution in [1.29, 1.82) is 0 Å². The first kappa shape index (κ1) is 20.4. The van der Waals surface area contributed by atoms with Gasteiger partial charge in [-0.25, -0.2) is 0 Å². The van der Waals surface area contributed by atoms with Crippen molar-refractivity contribution >= 4 is 11.9 Å².